The van der Waals surface area contributed by atoms with Crippen molar-refractivity contribution in [2.75, 3.05) is 20.3 Å². The van der Waals surface area contributed by atoms with Crippen LogP contribution in [-0.2, 0) is 4.74 Å². The summed E-state index contributed by atoms with van der Waals surface area (Å²) >= 11 is 5.90. The molecule has 0 fully saturated rings. The van der Waals surface area contributed by atoms with Crippen LogP contribution in [0.4, 0.5) is 4.79 Å². The molecule has 9 heteroatoms. The van der Waals surface area contributed by atoms with Crippen molar-refractivity contribution >= 4 is 23.5 Å². The van der Waals surface area contributed by atoms with Crippen LogP contribution in [0.2, 0.25) is 5.15 Å². The molecule has 26 heavy (non-hydrogen) atoms. The van der Waals surface area contributed by atoms with Gasteiger partial charge in [-0.25, -0.2) is 9.78 Å². The number of hydrogen-bond donors (Lipinski definition) is 1. The van der Waals surface area contributed by atoms with E-state index in [9.17, 15) is 9.59 Å². The first-order valence-electron chi connectivity index (χ1n) is 7.92. The number of nitriles is 1. The van der Waals surface area contributed by atoms with Crippen molar-refractivity contribution in [3.63, 3.8) is 0 Å². The molecule has 0 spiro atoms. The maximum Gasteiger partial charge on any atom is 0.407 e. The molecule has 0 aliphatic rings. The van der Waals surface area contributed by atoms with Crippen molar-refractivity contribution in [3.05, 3.63) is 16.8 Å². The third-order valence-corrected chi connectivity index (χ3v) is 3.08. The van der Waals surface area contributed by atoms with Crippen LogP contribution >= 0.6 is 11.6 Å². The highest BCUT2D eigenvalue weighted by molar-refractivity contribution is 6.29. The van der Waals surface area contributed by atoms with E-state index < -0.39 is 17.5 Å². The summed E-state index contributed by atoms with van der Waals surface area (Å²) in [4.78, 5) is 27.7. The number of alkyl carbamates (subject to hydrolysis) is 1. The van der Waals surface area contributed by atoms with Crippen LogP contribution in [0.3, 0.4) is 0 Å². The number of methoxy groups -OCH3 is 1. The van der Waals surface area contributed by atoms with Crippen LogP contribution in [-0.4, -0.2) is 42.7 Å². The van der Waals surface area contributed by atoms with E-state index in [0.29, 0.717) is 13.0 Å². The van der Waals surface area contributed by atoms with Crippen molar-refractivity contribution in [1.82, 2.24) is 10.3 Å². The molecule has 0 aliphatic heterocycles. The van der Waals surface area contributed by atoms with Crippen LogP contribution < -0.4 is 14.8 Å². The van der Waals surface area contributed by atoms with Gasteiger partial charge >= 0.3 is 6.09 Å². The lowest BCUT2D eigenvalue weighted by molar-refractivity contribution is 0.0525. The van der Waals surface area contributed by atoms with Gasteiger partial charge in [0.15, 0.2) is 5.78 Å². The number of nitrogens with one attached hydrogen (secondary N) is 1. The minimum atomic E-state index is -0.572. The molecule has 0 atom stereocenters. The van der Waals surface area contributed by atoms with Crippen molar-refractivity contribution in [1.29, 1.82) is 5.26 Å². The topological polar surface area (TPSA) is 111 Å². The molecule has 8 nitrogen and oxygen atoms in total. The van der Waals surface area contributed by atoms with Gasteiger partial charge in [-0.15, -0.1) is 0 Å². The molecule has 0 bridgehead atoms. The summed E-state index contributed by atoms with van der Waals surface area (Å²) < 4.78 is 15.8. The SMILES string of the molecule is COc1cc(Cl)nc(OCCCNC(=O)OC(C)(C)C)c1C(=O)CC#N. The number of rotatable bonds is 8. The molecule has 0 aliphatic carbocycles. The quantitative estimate of drug-likeness (QED) is 0.417. The average molecular weight is 384 g/mol. The van der Waals surface area contributed by atoms with E-state index in [1.807, 2.05) is 0 Å². The van der Waals surface area contributed by atoms with Crippen molar-refractivity contribution in [3.8, 4) is 17.7 Å². The summed E-state index contributed by atoms with van der Waals surface area (Å²) in [6.07, 6.45) is -0.414. The molecule has 0 saturated heterocycles. The van der Waals surface area contributed by atoms with Gasteiger partial charge < -0.3 is 19.5 Å². The minimum absolute atomic E-state index is 0.00753. The summed E-state index contributed by atoms with van der Waals surface area (Å²) in [7, 11) is 1.38. The molecule has 1 rings (SSSR count). The highest BCUT2D eigenvalue weighted by Crippen LogP contribution is 2.31. The normalized spacial score (nSPS) is 10.6. The lowest BCUT2D eigenvalue weighted by Gasteiger charge is -2.19. The highest BCUT2D eigenvalue weighted by atomic mass is 35.5. The summed E-state index contributed by atoms with van der Waals surface area (Å²) in [6, 6.07) is 3.16. The van der Waals surface area contributed by atoms with Gasteiger partial charge in [-0.3, -0.25) is 4.79 Å². The standard InChI is InChI=1S/C17H22ClN3O5/c1-17(2,3)26-16(23)20-8-5-9-25-15-14(11(22)6-7-19)12(24-4)10-13(18)21-15/h10H,5-6,8-9H2,1-4H3,(H,20,23). The number of pyridine rings is 1. The van der Waals surface area contributed by atoms with Crippen LogP contribution in [0.15, 0.2) is 6.07 Å². The Morgan fingerprint density at radius 2 is 2.08 bits per heavy atom. The van der Waals surface area contributed by atoms with Crippen molar-refractivity contribution in [2.24, 2.45) is 0 Å². The summed E-state index contributed by atoms with van der Waals surface area (Å²) in [5.74, 6) is -0.297. The number of carbonyl (C=O) groups is 2. The Morgan fingerprint density at radius 1 is 1.38 bits per heavy atom. The van der Waals surface area contributed by atoms with Crippen LogP contribution in [0.5, 0.6) is 11.6 Å². The second-order valence-electron chi connectivity index (χ2n) is 6.22. The summed E-state index contributed by atoms with van der Waals surface area (Å²) in [5, 5.41) is 11.4. The largest absolute Gasteiger partial charge is 0.496 e. The number of ketones is 1. The van der Waals surface area contributed by atoms with Gasteiger partial charge in [0.2, 0.25) is 5.88 Å². The van der Waals surface area contributed by atoms with Gasteiger partial charge in [0.05, 0.1) is 26.2 Å². The van der Waals surface area contributed by atoms with Gasteiger partial charge in [0, 0.05) is 12.6 Å². The molecular weight excluding hydrogens is 362 g/mol. The fourth-order valence-corrected chi connectivity index (χ4v) is 2.07. The van der Waals surface area contributed by atoms with E-state index in [1.54, 1.807) is 26.8 Å². The molecule has 0 unspecified atom stereocenters. The van der Waals surface area contributed by atoms with Gasteiger partial charge in [0.1, 0.15) is 22.1 Å². The molecule has 0 radical (unpaired) electrons. The molecule has 1 N–H and O–H groups in total. The van der Waals surface area contributed by atoms with E-state index in [2.05, 4.69) is 10.3 Å². The number of hydrogen-bond acceptors (Lipinski definition) is 7. The maximum atomic E-state index is 12.1. The molecule has 1 amide bonds. The second kappa shape index (κ2) is 9.82. The van der Waals surface area contributed by atoms with E-state index >= 15 is 0 Å². The van der Waals surface area contributed by atoms with Crippen molar-refractivity contribution in [2.45, 2.75) is 39.2 Å². The Labute approximate surface area is 157 Å². The smallest absolute Gasteiger partial charge is 0.407 e. The Bertz CT molecular complexity index is 695. The van der Waals surface area contributed by atoms with Gasteiger partial charge in [0.25, 0.3) is 0 Å². The molecular formula is C17H22ClN3O5. The number of halogens is 1. The molecule has 1 aromatic rings. The predicted octanol–water partition coefficient (Wildman–Crippen LogP) is 3.13. The van der Waals surface area contributed by atoms with Gasteiger partial charge in [-0.05, 0) is 27.2 Å². The number of nitrogens with zero attached hydrogens (tertiary/aromatic N) is 2. The minimum Gasteiger partial charge on any atom is -0.496 e. The van der Waals surface area contributed by atoms with Gasteiger partial charge in [-0.2, -0.15) is 5.26 Å². The first-order valence-corrected chi connectivity index (χ1v) is 8.30. The molecule has 1 heterocycles. The Kier molecular flexibility index (Phi) is 8.13. The van der Waals surface area contributed by atoms with Gasteiger partial charge in [-0.1, -0.05) is 11.6 Å². The van der Waals surface area contributed by atoms with E-state index in [4.69, 9.17) is 31.1 Å². The molecule has 0 saturated carbocycles. The van der Waals surface area contributed by atoms with Crippen LogP contribution in [0.1, 0.15) is 44.0 Å². The molecule has 142 valence electrons. The first kappa shape index (κ1) is 21.5. The first-order chi connectivity index (χ1) is 12.2. The van der Waals surface area contributed by atoms with E-state index in [0.717, 1.165) is 0 Å². The number of Topliss-reactive ketones (excluding diaryl/α,β-unsaturated/α-hetero) is 1. The summed E-state index contributed by atoms with van der Waals surface area (Å²) in [5.41, 5.74) is -0.503. The third kappa shape index (κ3) is 7.15. The predicted molar refractivity (Wildman–Crippen MR) is 94.7 cm³/mol. The van der Waals surface area contributed by atoms with E-state index in [1.165, 1.54) is 13.2 Å². The zero-order valence-electron chi connectivity index (χ0n) is 15.2. The van der Waals surface area contributed by atoms with E-state index in [-0.39, 0.29) is 35.4 Å². The lowest BCUT2D eigenvalue weighted by Crippen LogP contribution is -2.33. The number of amides is 1. The zero-order chi connectivity index (χ0) is 19.7. The fraction of sp³-hybridized carbons (Fsp3) is 0.529. The number of ether oxygens (including phenoxy) is 3. The van der Waals surface area contributed by atoms with Crippen LogP contribution in [0.25, 0.3) is 0 Å². The lowest BCUT2D eigenvalue weighted by atomic mass is 10.1. The monoisotopic (exact) mass is 383 g/mol. The summed E-state index contributed by atoms with van der Waals surface area (Å²) in [6.45, 7) is 5.79. The average Bonchev–Trinajstić information content (AvgIpc) is 2.52. The number of aromatic nitrogens is 1. The van der Waals surface area contributed by atoms with Crippen LogP contribution in [0, 0.1) is 11.3 Å². The Hall–Kier alpha value is -2.53. The Balaban J connectivity index is 2.67. The zero-order valence-corrected chi connectivity index (χ0v) is 16.0. The third-order valence-electron chi connectivity index (χ3n) is 2.89. The highest BCUT2D eigenvalue weighted by Gasteiger charge is 2.21. The number of carbonyl (C=O) groups excluding carboxylic acids is 2. The van der Waals surface area contributed by atoms with Crippen molar-refractivity contribution < 1.29 is 23.8 Å². The fourth-order valence-electron chi connectivity index (χ4n) is 1.90. The maximum absolute atomic E-state index is 12.1. The second-order valence-corrected chi connectivity index (χ2v) is 6.60. The Morgan fingerprint density at radius 3 is 2.65 bits per heavy atom. The molecule has 1 aromatic heterocycles. The molecule has 0 aromatic carbocycles.